The number of likely N-dealkylation sites (N-methyl/N-ethyl adjacent to an activating group) is 1. The van der Waals surface area contributed by atoms with Crippen LogP contribution >= 0.6 is 0 Å². The summed E-state index contributed by atoms with van der Waals surface area (Å²) in [4.78, 5) is 18.7. The van der Waals surface area contributed by atoms with E-state index in [1.165, 1.54) is 0 Å². The minimum Gasteiger partial charge on any atom is -0.368 e. The van der Waals surface area contributed by atoms with Gasteiger partial charge < -0.3 is 14.5 Å². The van der Waals surface area contributed by atoms with Crippen LogP contribution in [-0.4, -0.2) is 86.7 Å². The highest BCUT2D eigenvalue weighted by Crippen LogP contribution is 2.15. The number of carbonyl (C=O) groups is 1. The smallest absolute Gasteiger partial charge is 0.251 e. The molecule has 2 saturated heterocycles. The number of amides is 1. The Morgan fingerprint density at radius 2 is 2.00 bits per heavy atom. The Balaban J connectivity index is 1.70. The average molecular weight is 255 g/mol. The topological polar surface area (TPSA) is 36.0 Å². The SMILES string of the molecule is CN(C)CCN1CCN(C(=O)C2CCCO2)CC1. The number of piperazine rings is 1. The van der Waals surface area contributed by atoms with Crippen molar-refractivity contribution in [1.82, 2.24) is 14.7 Å². The summed E-state index contributed by atoms with van der Waals surface area (Å²) in [6.45, 7) is 6.62. The molecule has 104 valence electrons. The van der Waals surface area contributed by atoms with Crippen molar-refractivity contribution < 1.29 is 9.53 Å². The molecule has 1 amide bonds. The van der Waals surface area contributed by atoms with Crippen molar-refractivity contribution in [3.05, 3.63) is 0 Å². The van der Waals surface area contributed by atoms with Gasteiger partial charge in [-0.15, -0.1) is 0 Å². The van der Waals surface area contributed by atoms with Gasteiger partial charge >= 0.3 is 0 Å². The third-order valence-electron chi connectivity index (χ3n) is 3.75. The lowest BCUT2D eigenvalue weighted by Gasteiger charge is -2.36. The first-order chi connectivity index (χ1) is 8.66. The van der Waals surface area contributed by atoms with E-state index in [2.05, 4.69) is 23.9 Å². The van der Waals surface area contributed by atoms with Gasteiger partial charge in [-0.05, 0) is 26.9 Å². The quantitative estimate of drug-likeness (QED) is 0.701. The third-order valence-corrected chi connectivity index (χ3v) is 3.75. The normalized spacial score (nSPS) is 25.9. The summed E-state index contributed by atoms with van der Waals surface area (Å²) < 4.78 is 5.46. The fourth-order valence-electron chi connectivity index (χ4n) is 2.51. The lowest BCUT2D eigenvalue weighted by Crippen LogP contribution is -2.52. The van der Waals surface area contributed by atoms with Crippen LogP contribution in [0.2, 0.25) is 0 Å². The van der Waals surface area contributed by atoms with Gasteiger partial charge in [0, 0.05) is 45.9 Å². The summed E-state index contributed by atoms with van der Waals surface area (Å²) in [6, 6.07) is 0. The maximum atomic E-state index is 12.1. The van der Waals surface area contributed by atoms with Crippen molar-refractivity contribution in [3.8, 4) is 0 Å². The van der Waals surface area contributed by atoms with Crippen LogP contribution in [0.3, 0.4) is 0 Å². The Kier molecular flexibility index (Phi) is 4.97. The maximum Gasteiger partial charge on any atom is 0.251 e. The molecule has 5 heteroatoms. The van der Waals surface area contributed by atoms with Gasteiger partial charge in [0.1, 0.15) is 6.10 Å². The maximum absolute atomic E-state index is 12.1. The molecule has 0 aromatic heterocycles. The van der Waals surface area contributed by atoms with E-state index >= 15 is 0 Å². The van der Waals surface area contributed by atoms with Crippen molar-refractivity contribution in [2.75, 3.05) is 60.0 Å². The van der Waals surface area contributed by atoms with Gasteiger partial charge in [-0.1, -0.05) is 0 Å². The Hall–Kier alpha value is -0.650. The lowest BCUT2D eigenvalue weighted by atomic mass is 10.2. The van der Waals surface area contributed by atoms with E-state index in [1.54, 1.807) is 0 Å². The molecule has 0 aromatic carbocycles. The van der Waals surface area contributed by atoms with Gasteiger partial charge in [0.25, 0.3) is 5.91 Å². The van der Waals surface area contributed by atoms with Gasteiger partial charge in [0.15, 0.2) is 0 Å². The predicted molar refractivity (Wildman–Crippen MR) is 70.5 cm³/mol. The Morgan fingerprint density at radius 3 is 2.56 bits per heavy atom. The fraction of sp³-hybridized carbons (Fsp3) is 0.923. The lowest BCUT2D eigenvalue weighted by molar-refractivity contribution is -0.142. The van der Waals surface area contributed by atoms with Gasteiger partial charge in [-0.25, -0.2) is 0 Å². The van der Waals surface area contributed by atoms with Crippen LogP contribution in [0.25, 0.3) is 0 Å². The van der Waals surface area contributed by atoms with Crippen LogP contribution < -0.4 is 0 Å². The van der Waals surface area contributed by atoms with E-state index in [9.17, 15) is 4.79 Å². The zero-order valence-electron chi connectivity index (χ0n) is 11.6. The van der Waals surface area contributed by atoms with E-state index in [1.807, 2.05) is 4.90 Å². The molecule has 2 aliphatic heterocycles. The van der Waals surface area contributed by atoms with Crippen molar-refractivity contribution in [2.45, 2.75) is 18.9 Å². The minimum atomic E-state index is -0.154. The first-order valence-electron chi connectivity index (χ1n) is 6.94. The van der Waals surface area contributed by atoms with Gasteiger partial charge in [0.05, 0.1) is 0 Å². The van der Waals surface area contributed by atoms with E-state index in [4.69, 9.17) is 4.74 Å². The summed E-state index contributed by atoms with van der Waals surface area (Å²) in [6.07, 6.45) is 1.78. The molecule has 0 saturated carbocycles. The zero-order valence-corrected chi connectivity index (χ0v) is 11.6. The van der Waals surface area contributed by atoms with Crippen molar-refractivity contribution >= 4 is 5.91 Å². The molecule has 1 unspecified atom stereocenters. The van der Waals surface area contributed by atoms with Crippen LogP contribution in [0.1, 0.15) is 12.8 Å². The summed E-state index contributed by atoms with van der Waals surface area (Å²) in [5.74, 6) is 0.208. The largest absolute Gasteiger partial charge is 0.368 e. The summed E-state index contributed by atoms with van der Waals surface area (Å²) in [7, 11) is 4.19. The molecular weight excluding hydrogens is 230 g/mol. The van der Waals surface area contributed by atoms with Crippen LogP contribution in [-0.2, 0) is 9.53 Å². The highest BCUT2D eigenvalue weighted by atomic mass is 16.5. The summed E-state index contributed by atoms with van der Waals surface area (Å²) in [5, 5.41) is 0. The standard InChI is InChI=1S/C13H25N3O2/c1-14(2)5-6-15-7-9-16(10-8-15)13(17)12-4-3-11-18-12/h12H,3-11H2,1-2H3. The zero-order chi connectivity index (χ0) is 13.0. The molecule has 1 atom stereocenters. The molecule has 2 fully saturated rings. The van der Waals surface area contributed by atoms with Gasteiger partial charge in [0.2, 0.25) is 0 Å². The first-order valence-corrected chi connectivity index (χ1v) is 6.94. The Bertz CT molecular complexity index is 269. The van der Waals surface area contributed by atoms with Crippen LogP contribution in [0.15, 0.2) is 0 Å². The number of hydrogen-bond donors (Lipinski definition) is 0. The average Bonchev–Trinajstić information content (AvgIpc) is 2.90. The monoisotopic (exact) mass is 255 g/mol. The molecule has 0 bridgehead atoms. The minimum absolute atomic E-state index is 0.154. The Labute approximate surface area is 110 Å². The molecule has 0 aromatic rings. The molecular formula is C13H25N3O2. The van der Waals surface area contributed by atoms with Gasteiger partial charge in [-0.2, -0.15) is 0 Å². The fourth-order valence-corrected chi connectivity index (χ4v) is 2.51. The molecule has 2 aliphatic rings. The molecule has 18 heavy (non-hydrogen) atoms. The number of hydrogen-bond acceptors (Lipinski definition) is 4. The number of ether oxygens (including phenoxy) is 1. The second-order valence-corrected chi connectivity index (χ2v) is 5.47. The molecule has 0 spiro atoms. The second-order valence-electron chi connectivity index (χ2n) is 5.47. The van der Waals surface area contributed by atoms with E-state index in [0.717, 1.165) is 58.7 Å². The first kappa shape index (κ1) is 13.8. The van der Waals surface area contributed by atoms with Crippen LogP contribution in [0.4, 0.5) is 0 Å². The molecule has 0 radical (unpaired) electrons. The summed E-state index contributed by atoms with van der Waals surface area (Å²) in [5.41, 5.74) is 0. The van der Waals surface area contributed by atoms with Crippen LogP contribution in [0, 0.1) is 0 Å². The number of carbonyl (C=O) groups excluding carboxylic acids is 1. The predicted octanol–water partition coefficient (Wildman–Crippen LogP) is -0.129. The summed E-state index contributed by atoms with van der Waals surface area (Å²) >= 11 is 0. The molecule has 2 heterocycles. The van der Waals surface area contributed by atoms with Crippen molar-refractivity contribution in [1.29, 1.82) is 0 Å². The number of nitrogens with zero attached hydrogens (tertiary/aromatic N) is 3. The van der Waals surface area contributed by atoms with E-state index < -0.39 is 0 Å². The van der Waals surface area contributed by atoms with E-state index in [-0.39, 0.29) is 12.0 Å². The second kappa shape index (κ2) is 6.50. The van der Waals surface area contributed by atoms with Gasteiger partial charge in [-0.3, -0.25) is 9.69 Å². The Morgan fingerprint density at radius 1 is 1.28 bits per heavy atom. The van der Waals surface area contributed by atoms with Crippen molar-refractivity contribution in [2.24, 2.45) is 0 Å². The van der Waals surface area contributed by atoms with E-state index in [0.29, 0.717) is 0 Å². The molecule has 5 nitrogen and oxygen atoms in total. The molecule has 0 aliphatic carbocycles. The highest BCUT2D eigenvalue weighted by molar-refractivity contribution is 5.81. The third kappa shape index (κ3) is 3.67. The molecule has 0 N–H and O–H groups in total. The van der Waals surface area contributed by atoms with Crippen molar-refractivity contribution in [3.63, 3.8) is 0 Å². The molecule has 2 rings (SSSR count). The number of rotatable bonds is 4. The highest BCUT2D eigenvalue weighted by Gasteiger charge is 2.30. The van der Waals surface area contributed by atoms with Crippen LogP contribution in [0.5, 0.6) is 0 Å².